The number of morpholine rings is 1. The molecule has 0 spiro atoms. The van der Waals surface area contributed by atoms with Crippen LogP contribution in [-0.2, 0) is 27.7 Å². The fraction of sp³-hybridized carbons (Fsp3) is 0.308. The summed E-state index contributed by atoms with van der Waals surface area (Å²) in [5.41, 5.74) is -2.73. The topological polar surface area (TPSA) is 61.1 Å². The van der Waals surface area contributed by atoms with Gasteiger partial charge < -0.3 is 23.8 Å². The molecule has 5 rings (SSSR count). The van der Waals surface area contributed by atoms with Crippen molar-refractivity contribution in [2.45, 2.75) is 31.9 Å². The highest BCUT2D eigenvalue weighted by Gasteiger charge is 2.49. The Morgan fingerprint density at radius 1 is 1.03 bits per heavy atom. The van der Waals surface area contributed by atoms with Gasteiger partial charge in [0.2, 0.25) is 11.6 Å². The van der Waals surface area contributed by atoms with Crippen molar-refractivity contribution >= 4 is 11.9 Å². The number of fused-ring (bicyclic) bond motifs is 1. The van der Waals surface area contributed by atoms with Crippen molar-refractivity contribution in [3.63, 3.8) is 0 Å². The van der Waals surface area contributed by atoms with Gasteiger partial charge in [-0.3, -0.25) is 0 Å². The molecule has 0 amide bonds. The number of imidazole rings is 1. The lowest BCUT2D eigenvalue weighted by atomic mass is 9.96. The predicted molar refractivity (Wildman–Crippen MR) is 128 cm³/mol. The Bertz CT molecular complexity index is 1440. The van der Waals surface area contributed by atoms with Crippen LogP contribution < -0.4 is 4.74 Å². The zero-order chi connectivity index (χ0) is 28.2. The Kier molecular flexibility index (Phi) is 6.27. The molecular formula is C26H22F6N4O3. The van der Waals surface area contributed by atoms with Gasteiger partial charge in [0.05, 0.1) is 42.5 Å². The van der Waals surface area contributed by atoms with Crippen LogP contribution in [0, 0.1) is 6.92 Å². The van der Waals surface area contributed by atoms with E-state index >= 15 is 0 Å². The number of amidine groups is 1. The number of benzene rings is 2. The Morgan fingerprint density at radius 2 is 1.72 bits per heavy atom. The number of aryl methyl sites for hydroxylation is 1. The molecule has 2 aliphatic heterocycles. The van der Waals surface area contributed by atoms with Crippen LogP contribution in [0.1, 0.15) is 34.9 Å². The maximum Gasteiger partial charge on any atom is 0.416 e. The van der Waals surface area contributed by atoms with E-state index in [9.17, 15) is 26.3 Å². The molecule has 2 aliphatic rings. The van der Waals surface area contributed by atoms with Gasteiger partial charge in [-0.25, -0.2) is 4.98 Å². The zero-order valence-electron chi connectivity index (χ0n) is 20.9. The average molecular weight is 552 g/mol. The van der Waals surface area contributed by atoms with Crippen molar-refractivity contribution in [3.05, 3.63) is 82.6 Å². The van der Waals surface area contributed by atoms with E-state index in [0.717, 1.165) is 11.4 Å². The van der Waals surface area contributed by atoms with Crippen molar-refractivity contribution < 1.29 is 40.7 Å². The van der Waals surface area contributed by atoms with Gasteiger partial charge in [0, 0.05) is 18.7 Å². The molecule has 13 heteroatoms. The molecular weight excluding hydrogens is 530 g/mol. The first kappa shape index (κ1) is 26.4. The number of oxime groups is 1. The molecule has 1 atom stereocenters. The molecule has 3 aromatic rings. The van der Waals surface area contributed by atoms with E-state index in [1.54, 1.807) is 29.1 Å². The summed E-state index contributed by atoms with van der Waals surface area (Å²) in [6.07, 6.45) is -4.87. The Hall–Kier alpha value is -4.16. The van der Waals surface area contributed by atoms with E-state index in [1.165, 1.54) is 18.9 Å². The third-order valence-electron chi connectivity index (χ3n) is 6.49. The van der Waals surface area contributed by atoms with Gasteiger partial charge >= 0.3 is 12.4 Å². The highest BCUT2D eigenvalue weighted by atomic mass is 19.4. The van der Waals surface area contributed by atoms with Crippen molar-refractivity contribution in [2.24, 2.45) is 5.16 Å². The summed E-state index contributed by atoms with van der Waals surface area (Å²) in [5, 5.41) is 4.00. The second kappa shape index (κ2) is 9.24. The van der Waals surface area contributed by atoms with E-state index in [0.29, 0.717) is 23.4 Å². The molecule has 1 saturated heterocycles. The minimum absolute atomic E-state index is 0.0797. The fourth-order valence-electron chi connectivity index (χ4n) is 4.48. The van der Waals surface area contributed by atoms with Gasteiger partial charge in [0.25, 0.3) is 0 Å². The number of halogens is 6. The van der Waals surface area contributed by atoms with Crippen LogP contribution in [0.5, 0.6) is 5.75 Å². The first-order chi connectivity index (χ1) is 18.3. The zero-order valence-corrected chi connectivity index (χ0v) is 20.9. The Morgan fingerprint density at radius 3 is 2.31 bits per heavy atom. The van der Waals surface area contributed by atoms with Crippen LogP contribution in [0.4, 0.5) is 26.3 Å². The summed E-state index contributed by atoms with van der Waals surface area (Å²) in [7, 11) is 1.52. The predicted octanol–water partition coefficient (Wildman–Crippen LogP) is 6.12. The smallest absolute Gasteiger partial charge is 0.416 e. The molecule has 0 aliphatic carbocycles. The van der Waals surface area contributed by atoms with Gasteiger partial charge in [0.15, 0.2) is 5.76 Å². The molecule has 1 aromatic heterocycles. The number of methoxy groups -OCH3 is 1. The van der Waals surface area contributed by atoms with Crippen LogP contribution >= 0.6 is 0 Å². The molecule has 1 fully saturated rings. The largest absolute Gasteiger partial charge is 0.495 e. The lowest BCUT2D eigenvalue weighted by Crippen LogP contribution is -2.49. The number of alkyl halides is 6. The molecule has 206 valence electrons. The van der Waals surface area contributed by atoms with E-state index in [4.69, 9.17) is 14.3 Å². The van der Waals surface area contributed by atoms with Crippen molar-refractivity contribution in [2.75, 3.05) is 20.3 Å². The summed E-state index contributed by atoms with van der Waals surface area (Å²) < 4.78 is 94.0. The molecule has 0 radical (unpaired) electrons. The second-order valence-corrected chi connectivity index (χ2v) is 9.15. The molecule has 1 unspecified atom stereocenters. The molecule has 0 bridgehead atoms. The third-order valence-corrected chi connectivity index (χ3v) is 6.49. The number of hydrogen-bond donors (Lipinski definition) is 0. The quantitative estimate of drug-likeness (QED) is 0.365. The minimum atomic E-state index is -4.99. The number of rotatable bonds is 4. The summed E-state index contributed by atoms with van der Waals surface area (Å²) >= 11 is 0. The first-order valence-corrected chi connectivity index (χ1v) is 11.7. The highest BCUT2D eigenvalue weighted by Crippen LogP contribution is 2.43. The maximum atomic E-state index is 13.5. The summed E-state index contributed by atoms with van der Waals surface area (Å²) in [6.45, 7) is 3.44. The third kappa shape index (κ3) is 4.88. The van der Waals surface area contributed by atoms with E-state index in [1.807, 2.05) is 19.2 Å². The van der Waals surface area contributed by atoms with Crippen molar-refractivity contribution in [1.29, 1.82) is 0 Å². The lowest BCUT2D eigenvalue weighted by molar-refractivity contribution is -0.144. The first-order valence-electron chi connectivity index (χ1n) is 11.7. The van der Waals surface area contributed by atoms with E-state index < -0.39 is 29.2 Å². The average Bonchev–Trinajstić information content (AvgIpc) is 3.47. The minimum Gasteiger partial charge on any atom is -0.495 e. The van der Waals surface area contributed by atoms with Crippen LogP contribution in [0.2, 0.25) is 0 Å². The van der Waals surface area contributed by atoms with E-state index in [-0.39, 0.29) is 36.4 Å². The lowest BCUT2D eigenvalue weighted by Gasteiger charge is -2.37. The molecule has 0 saturated carbocycles. The standard InChI is InChI=1S/C26H22F6N4O3/c1-15-13-35(14-33-15)20-5-4-16(8-21(20)37-3)9-22-23-34-39-24(2,36(23)6-7-38-22)17-10-18(25(27,28)29)12-19(11-17)26(30,31)32/h4-5,8-14H,6-7H2,1-3H3/b22-9+. The molecule has 3 heterocycles. The summed E-state index contributed by atoms with van der Waals surface area (Å²) in [4.78, 5) is 11.2. The van der Waals surface area contributed by atoms with E-state index in [2.05, 4.69) is 10.1 Å². The van der Waals surface area contributed by atoms with Gasteiger partial charge in [-0.05, 0) is 48.9 Å². The van der Waals surface area contributed by atoms with Crippen molar-refractivity contribution in [1.82, 2.24) is 14.5 Å². The van der Waals surface area contributed by atoms with Crippen LogP contribution in [0.15, 0.2) is 59.8 Å². The molecule has 39 heavy (non-hydrogen) atoms. The SMILES string of the molecule is COc1cc(/C=C2/OCCN3C2=NOC3(C)c2cc(C(F)(F)F)cc(C(F)(F)F)c2)ccc1-n1cnc(C)c1. The highest BCUT2D eigenvalue weighted by molar-refractivity contribution is 6.01. The van der Waals surface area contributed by atoms with Gasteiger partial charge in [-0.1, -0.05) is 11.2 Å². The van der Waals surface area contributed by atoms with Crippen LogP contribution in [0.25, 0.3) is 11.8 Å². The molecule has 2 aromatic carbocycles. The van der Waals surface area contributed by atoms with Crippen LogP contribution in [-0.4, -0.2) is 40.5 Å². The number of hydrogen-bond acceptors (Lipinski definition) is 6. The van der Waals surface area contributed by atoms with Gasteiger partial charge in [-0.15, -0.1) is 0 Å². The van der Waals surface area contributed by atoms with Gasteiger partial charge in [-0.2, -0.15) is 26.3 Å². The second-order valence-electron chi connectivity index (χ2n) is 9.15. The summed E-state index contributed by atoms with van der Waals surface area (Å²) in [6, 6.07) is 6.72. The normalized spacial score (nSPS) is 20.4. The van der Waals surface area contributed by atoms with Crippen LogP contribution in [0.3, 0.4) is 0 Å². The fourth-order valence-corrected chi connectivity index (χ4v) is 4.48. The summed E-state index contributed by atoms with van der Waals surface area (Å²) in [5.74, 6) is 0.914. The number of nitrogens with zero attached hydrogens (tertiary/aromatic N) is 4. The monoisotopic (exact) mass is 552 g/mol. The Labute approximate surface area is 218 Å². The molecule has 0 N–H and O–H groups in total. The Balaban J connectivity index is 1.49. The van der Waals surface area contributed by atoms with Gasteiger partial charge in [0.1, 0.15) is 12.4 Å². The molecule has 7 nitrogen and oxygen atoms in total. The van der Waals surface area contributed by atoms with Crippen molar-refractivity contribution in [3.8, 4) is 11.4 Å². The number of ether oxygens (including phenoxy) is 2. The number of aromatic nitrogens is 2. The maximum absolute atomic E-state index is 13.5.